The van der Waals surface area contributed by atoms with Gasteiger partial charge in [0.05, 0.1) is 10.6 Å². The first-order valence-electron chi connectivity index (χ1n) is 4.99. The first-order valence-corrected chi connectivity index (χ1v) is 5.36. The molecular formula is C13H9ClFNO. The van der Waals surface area contributed by atoms with Crippen LogP contribution >= 0.6 is 11.6 Å². The van der Waals surface area contributed by atoms with Crippen LogP contribution in [0.4, 0.5) is 10.1 Å². The van der Waals surface area contributed by atoms with E-state index < -0.39 is 11.7 Å². The summed E-state index contributed by atoms with van der Waals surface area (Å²) in [6, 6.07) is 13.0. The highest BCUT2D eigenvalue weighted by Gasteiger charge is 2.13. The Hall–Kier alpha value is -1.87. The fourth-order valence-electron chi connectivity index (χ4n) is 1.40. The fraction of sp³-hybridized carbons (Fsp3) is 0. The maximum atomic E-state index is 13.2. The SMILES string of the molecule is O=C(Nc1ccccc1)c1cccc(F)c1Cl. The molecule has 17 heavy (non-hydrogen) atoms. The lowest BCUT2D eigenvalue weighted by atomic mass is 10.2. The third kappa shape index (κ3) is 2.63. The topological polar surface area (TPSA) is 29.1 Å². The molecule has 2 nitrogen and oxygen atoms in total. The molecule has 86 valence electrons. The molecule has 4 heteroatoms. The normalized spacial score (nSPS) is 10.0. The molecule has 2 aromatic rings. The molecule has 0 saturated heterocycles. The number of hydrogen-bond acceptors (Lipinski definition) is 1. The summed E-state index contributed by atoms with van der Waals surface area (Å²) in [4.78, 5) is 11.8. The third-order valence-electron chi connectivity index (χ3n) is 2.23. The average molecular weight is 250 g/mol. The van der Waals surface area contributed by atoms with Crippen LogP contribution in [-0.2, 0) is 0 Å². The first kappa shape index (κ1) is 11.6. The van der Waals surface area contributed by atoms with Gasteiger partial charge in [0, 0.05) is 5.69 Å². The Bertz CT molecular complexity index is 542. The predicted molar refractivity (Wildman–Crippen MR) is 65.8 cm³/mol. The quantitative estimate of drug-likeness (QED) is 0.863. The monoisotopic (exact) mass is 249 g/mol. The maximum Gasteiger partial charge on any atom is 0.257 e. The molecule has 1 amide bonds. The van der Waals surface area contributed by atoms with Gasteiger partial charge in [-0.05, 0) is 24.3 Å². The second-order valence-electron chi connectivity index (χ2n) is 3.42. The average Bonchev–Trinajstić information content (AvgIpc) is 2.34. The number of nitrogens with one attached hydrogen (secondary N) is 1. The molecule has 0 aromatic heterocycles. The van der Waals surface area contributed by atoms with Crippen LogP contribution < -0.4 is 5.32 Å². The van der Waals surface area contributed by atoms with E-state index in [9.17, 15) is 9.18 Å². The van der Waals surface area contributed by atoms with Crippen LogP contribution in [0.25, 0.3) is 0 Å². The van der Waals surface area contributed by atoms with Gasteiger partial charge in [-0.3, -0.25) is 4.79 Å². The van der Waals surface area contributed by atoms with Crippen LogP contribution in [0, 0.1) is 5.82 Å². The van der Waals surface area contributed by atoms with E-state index in [2.05, 4.69) is 5.32 Å². The number of halogens is 2. The zero-order chi connectivity index (χ0) is 12.3. The number of hydrogen-bond donors (Lipinski definition) is 1. The van der Waals surface area contributed by atoms with E-state index in [1.807, 2.05) is 6.07 Å². The fourth-order valence-corrected chi connectivity index (χ4v) is 1.61. The molecule has 2 aromatic carbocycles. The van der Waals surface area contributed by atoms with Crippen molar-refractivity contribution in [1.29, 1.82) is 0 Å². The summed E-state index contributed by atoms with van der Waals surface area (Å²) in [6.07, 6.45) is 0. The summed E-state index contributed by atoms with van der Waals surface area (Å²) < 4.78 is 13.2. The van der Waals surface area contributed by atoms with E-state index >= 15 is 0 Å². The summed E-state index contributed by atoms with van der Waals surface area (Å²) in [5, 5.41) is 2.47. The van der Waals surface area contributed by atoms with Crippen molar-refractivity contribution in [2.24, 2.45) is 0 Å². The summed E-state index contributed by atoms with van der Waals surface area (Å²) in [6.45, 7) is 0. The number of amides is 1. The molecule has 0 radical (unpaired) electrons. The summed E-state index contributed by atoms with van der Waals surface area (Å²) in [7, 11) is 0. The highest BCUT2D eigenvalue weighted by molar-refractivity contribution is 6.34. The van der Waals surface area contributed by atoms with E-state index in [0.717, 1.165) is 0 Å². The molecule has 0 saturated carbocycles. The van der Waals surface area contributed by atoms with Crippen LogP contribution in [0.5, 0.6) is 0 Å². The van der Waals surface area contributed by atoms with Gasteiger partial charge >= 0.3 is 0 Å². The third-order valence-corrected chi connectivity index (χ3v) is 2.61. The Morgan fingerprint density at radius 3 is 2.47 bits per heavy atom. The minimum absolute atomic E-state index is 0.121. The molecule has 0 aliphatic heterocycles. The van der Waals surface area contributed by atoms with Gasteiger partial charge in [0.25, 0.3) is 5.91 Å². The second-order valence-corrected chi connectivity index (χ2v) is 3.80. The standard InChI is InChI=1S/C13H9ClFNO/c14-12-10(7-4-8-11(12)15)13(17)16-9-5-2-1-3-6-9/h1-8H,(H,16,17). The summed E-state index contributed by atoms with van der Waals surface area (Å²) in [5.41, 5.74) is 0.758. The van der Waals surface area contributed by atoms with Gasteiger partial charge in [0.1, 0.15) is 5.82 Å². The van der Waals surface area contributed by atoms with Crippen molar-refractivity contribution in [2.45, 2.75) is 0 Å². The molecule has 0 fully saturated rings. The summed E-state index contributed by atoms with van der Waals surface area (Å²) >= 11 is 5.72. The molecule has 0 aliphatic rings. The Labute approximate surface area is 103 Å². The minimum Gasteiger partial charge on any atom is -0.322 e. The van der Waals surface area contributed by atoms with Gasteiger partial charge in [0.2, 0.25) is 0 Å². The van der Waals surface area contributed by atoms with Gasteiger partial charge in [-0.2, -0.15) is 0 Å². The lowest BCUT2D eigenvalue weighted by molar-refractivity contribution is 0.102. The minimum atomic E-state index is -0.604. The zero-order valence-corrected chi connectivity index (χ0v) is 9.54. The number of carbonyl (C=O) groups is 1. The van der Waals surface area contributed by atoms with Crippen molar-refractivity contribution in [1.82, 2.24) is 0 Å². The van der Waals surface area contributed by atoms with Crippen LogP contribution in [0.1, 0.15) is 10.4 Å². The molecule has 0 heterocycles. The van der Waals surface area contributed by atoms with Crippen molar-refractivity contribution >= 4 is 23.2 Å². The Balaban J connectivity index is 2.24. The largest absolute Gasteiger partial charge is 0.322 e. The molecule has 0 aliphatic carbocycles. The van der Waals surface area contributed by atoms with E-state index in [1.54, 1.807) is 24.3 Å². The molecule has 2 rings (SSSR count). The molecular weight excluding hydrogens is 241 g/mol. The van der Waals surface area contributed by atoms with Crippen LogP contribution in [-0.4, -0.2) is 5.91 Å². The van der Waals surface area contributed by atoms with E-state index in [1.165, 1.54) is 18.2 Å². The molecule has 0 bridgehead atoms. The van der Waals surface area contributed by atoms with E-state index in [4.69, 9.17) is 11.6 Å². The number of benzene rings is 2. The van der Waals surface area contributed by atoms with E-state index in [0.29, 0.717) is 5.69 Å². The Morgan fingerprint density at radius 2 is 1.76 bits per heavy atom. The maximum absolute atomic E-state index is 13.2. The van der Waals surface area contributed by atoms with Crippen molar-refractivity contribution in [2.75, 3.05) is 5.32 Å². The van der Waals surface area contributed by atoms with Crippen molar-refractivity contribution in [3.8, 4) is 0 Å². The van der Waals surface area contributed by atoms with Crippen LogP contribution in [0.3, 0.4) is 0 Å². The number of rotatable bonds is 2. The van der Waals surface area contributed by atoms with E-state index in [-0.39, 0.29) is 10.6 Å². The van der Waals surface area contributed by atoms with Gasteiger partial charge in [-0.1, -0.05) is 35.9 Å². The van der Waals surface area contributed by atoms with Crippen LogP contribution in [0.2, 0.25) is 5.02 Å². The van der Waals surface area contributed by atoms with Gasteiger partial charge < -0.3 is 5.32 Å². The second kappa shape index (κ2) is 4.97. The van der Waals surface area contributed by atoms with Gasteiger partial charge in [0.15, 0.2) is 0 Å². The Kier molecular flexibility index (Phi) is 3.40. The van der Waals surface area contributed by atoms with Gasteiger partial charge in [-0.15, -0.1) is 0 Å². The smallest absolute Gasteiger partial charge is 0.257 e. The zero-order valence-electron chi connectivity index (χ0n) is 8.78. The highest BCUT2D eigenvalue weighted by atomic mass is 35.5. The Morgan fingerprint density at radius 1 is 1.06 bits per heavy atom. The predicted octanol–water partition coefficient (Wildman–Crippen LogP) is 3.73. The van der Waals surface area contributed by atoms with Crippen molar-refractivity contribution in [3.05, 3.63) is 64.9 Å². The molecule has 0 atom stereocenters. The number of anilines is 1. The van der Waals surface area contributed by atoms with Gasteiger partial charge in [-0.25, -0.2) is 4.39 Å². The van der Waals surface area contributed by atoms with Crippen LogP contribution in [0.15, 0.2) is 48.5 Å². The lowest BCUT2D eigenvalue weighted by Gasteiger charge is -2.06. The molecule has 1 N–H and O–H groups in total. The number of para-hydroxylation sites is 1. The summed E-state index contributed by atoms with van der Waals surface area (Å²) in [5.74, 6) is -1.03. The lowest BCUT2D eigenvalue weighted by Crippen LogP contribution is -2.12. The van der Waals surface area contributed by atoms with Crippen molar-refractivity contribution < 1.29 is 9.18 Å². The molecule has 0 unspecified atom stereocenters. The molecule has 0 spiro atoms. The first-order chi connectivity index (χ1) is 8.18. The number of carbonyl (C=O) groups excluding carboxylic acids is 1. The van der Waals surface area contributed by atoms with Crippen molar-refractivity contribution in [3.63, 3.8) is 0 Å². The highest BCUT2D eigenvalue weighted by Crippen LogP contribution is 2.20.